The number of nitrogens with one attached hydrogen (secondary N) is 1. The standard InChI is InChI=1S/C19H11ClN2O4/c20-12-6-7-16-14(9-12)17(23)11(10-26-16)8-15-18(24)21-22(19(15)25)13-4-2-1-3-5-13/h1-10H,(H,21,24). The minimum absolute atomic E-state index is 0.0909. The molecule has 128 valence electrons. The summed E-state index contributed by atoms with van der Waals surface area (Å²) in [5.41, 5.74) is 2.93. The van der Waals surface area contributed by atoms with Gasteiger partial charge in [0, 0.05) is 5.02 Å². The molecule has 7 heteroatoms. The lowest BCUT2D eigenvalue weighted by molar-refractivity contribution is -0.117. The molecule has 1 saturated heterocycles. The number of para-hydroxylation sites is 1. The second-order valence-corrected chi connectivity index (χ2v) is 6.07. The molecule has 26 heavy (non-hydrogen) atoms. The van der Waals surface area contributed by atoms with Crippen LogP contribution in [0.1, 0.15) is 5.56 Å². The van der Waals surface area contributed by atoms with E-state index in [0.717, 1.165) is 5.01 Å². The van der Waals surface area contributed by atoms with Crippen LogP contribution in [0.15, 0.2) is 69.6 Å². The first-order valence-corrected chi connectivity index (χ1v) is 8.05. The molecule has 1 fully saturated rings. The van der Waals surface area contributed by atoms with Crippen LogP contribution < -0.4 is 15.9 Å². The number of carbonyl (C=O) groups excluding carboxylic acids is 2. The first kappa shape index (κ1) is 16.1. The number of halogens is 1. The van der Waals surface area contributed by atoms with Gasteiger partial charge in [-0.05, 0) is 36.4 Å². The fraction of sp³-hybridized carbons (Fsp3) is 0. The fourth-order valence-corrected chi connectivity index (χ4v) is 2.86. The summed E-state index contributed by atoms with van der Waals surface area (Å²) in [6.45, 7) is 0. The van der Waals surface area contributed by atoms with E-state index >= 15 is 0 Å². The maximum absolute atomic E-state index is 12.6. The van der Waals surface area contributed by atoms with E-state index in [9.17, 15) is 14.4 Å². The molecule has 0 radical (unpaired) electrons. The van der Waals surface area contributed by atoms with Gasteiger partial charge in [-0.2, -0.15) is 0 Å². The van der Waals surface area contributed by atoms with Gasteiger partial charge in [0.25, 0.3) is 11.8 Å². The topological polar surface area (TPSA) is 79.6 Å². The van der Waals surface area contributed by atoms with Gasteiger partial charge in [-0.3, -0.25) is 19.8 Å². The van der Waals surface area contributed by atoms with Crippen LogP contribution in [-0.2, 0) is 9.59 Å². The van der Waals surface area contributed by atoms with Gasteiger partial charge in [0.05, 0.1) is 16.6 Å². The summed E-state index contributed by atoms with van der Waals surface area (Å²) in [7, 11) is 0. The molecule has 1 N–H and O–H groups in total. The Morgan fingerprint density at radius 3 is 2.58 bits per heavy atom. The largest absolute Gasteiger partial charge is 0.463 e. The zero-order chi connectivity index (χ0) is 18.3. The monoisotopic (exact) mass is 366 g/mol. The van der Waals surface area contributed by atoms with Crippen LogP contribution in [0, 0.1) is 0 Å². The molecule has 1 aromatic heterocycles. The van der Waals surface area contributed by atoms with Crippen molar-refractivity contribution < 1.29 is 14.0 Å². The average molecular weight is 367 g/mol. The quantitative estimate of drug-likeness (QED) is 0.558. The molecular formula is C19H11ClN2O4. The number of carbonyl (C=O) groups is 2. The van der Waals surface area contributed by atoms with Gasteiger partial charge in [0.2, 0.25) is 0 Å². The number of nitrogens with zero attached hydrogens (tertiary/aromatic N) is 1. The number of fused-ring (bicyclic) bond motifs is 1. The highest BCUT2D eigenvalue weighted by Gasteiger charge is 2.34. The number of rotatable bonds is 2. The van der Waals surface area contributed by atoms with E-state index < -0.39 is 11.8 Å². The summed E-state index contributed by atoms with van der Waals surface area (Å²) in [4.78, 5) is 37.4. The van der Waals surface area contributed by atoms with Crippen molar-refractivity contribution in [2.75, 3.05) is 5.01 Å². The van der Waals surface area contributed by atoms with Crippen LogP contribution in [0.3, 0.4) is 0 Å². The minimum atomic E-state index is -0.593. The van der Waals surface area contributed by atoms with Crippen molar-refractivity contribution in [1.29, 1.82) is 0 Å². The summed E-state index contributed by atoms with van der Waals surface area (Å²) in [6.07, 6.45) is 2.45. The number of hydrogen-bond acceptors (Lipinski definition) is 4. The molecule has 6 nitrogen and oxygen atoms in total. The smallest absolute Gasteiger partial charge is 0.282 e. The third kappa shape index (κ3) is 2.66. The molecule has 0 saturated carbocycles. The van der Waals surface area contributed by atoms with Crippen LogP contribution in [0.2, 0.25) is 5.02 Å². The van der Waals surface area contributed by atoms with E-state index in [0.29, 0.717) is 16.3 Å². The molecular weight excluding hydrogens is 356 g/mol. The van der Waals surface area contributed by atoms with Gasteiger partial charge in [0.15, 0.2) is 5.43 Å². The van der Waals surface area contributed by atoms with Gasteiger partial charge in [0.1, 0.15) is 17.4 Å². The Morgan fingerprint density at radius 1 is 1.04 bits per heavy atom. The summed E-state index contributed by atoms with van der Waals surface area (Å²) in [6, 6.07) is 13.3. The van der Waals surface area contributed by atoms with Gasteiger partial charge in [-0.15, -0.1) is 0 Å². The summed E-state index contributed by atoms with van der Waals surface area (Å²) < 4.78 is 5.41. The Kier molecular flexibility index (Phi) is 3.82. The Labute approximate surface area is 152 Å². The third-order valence-electron chi connectivity index (χ3n) is 3.97. The fourth-order valence-electron chi connectivity index (χ4n) is 2.69. The lowest BCUT2D eigenvalue weighted by Crippen LogP contribution is -2.35. The van der Waals surface area contributed by atoms with E-state index in [1.807, 2.05) is 0 Å². The second-order valence-electron chi connectivity index (χ2n) is 5.64. The predicted octanol–water partition coefficient (Wildman–Crippen LogP) is 2.91. The highest BCUT2D eigenvalue weighted by atomic mass is 35.5. The van der Waals surface area contributed by atoms with Gasteiger partial charge in [-0.25, -0.2) is 5.01 Å². The molecule has 1 aliphatic rings. The van der Waals surface area contributed by atoms with Gasteiger partial charge in [-0.1, -0.05) is 29.8 Å². The number of hydrazine groups is 1. The molecule has 0 unspecified atom stereocenters. The van der Waals surface area contributed by atoms with Crippen LogP contribution >= 0.6 is 11.6 Å². The molecule has 2 aromatic carbocycles. The molecule has 1 aliphatic heterocycles. The van der Waals surface area contributed by atoms with Crippen molar-refractivity contribution >= 4 is 46.1 Å². The van der Waals surface area contributed by atoms with E-state index in [1.54, 1.807) is 42.5 Å². The van der Waals surface area contributed by atoms with Gasteiger partial charge >= 0.3 is 0 Å². The summed E-state index contributed by atoms with van der Waals surface area (Å²) >= 11 is 5.93. The maximum Gasteiger partial charge on any atom is 0.282 e. The van der Waals surface area contributed by atoms with E-state index in [1.165, 1.54) is 18.4 Å². The minimum Gasteiger partial charge on any atom is -0.463 e. The number of amides is 2. The Balaban J connectivity index is 1.78. The molecule has 0 aliphatic carbocycles. The zero-order valence-electron chi connectivity index (χ0n) is 13.2. The second kappa shape index (κ2) is 6.16. The summed E-state index contributed by atoms with van der Waals surface area (Å²) in [5.74, 6) is -1.14. The normalized spacial score (nSPS) is 15.7. The van der Waals surface area contributed by atoms with E-state index in [-0.39, 0.29) is 22.0 Å². The molecule has 0 atom stereocenters. The van der Waals surface area contributed by atoms with Crippen LogP contribution in [-0.4, -0.2) is 11.8 Å². The van der Waals surface area contributed by atoms with Crippen molar-refractivity contribution in [3.05, 3.63) is 81.2 Å². The molecule has 4 rings (SSSR count). The molecule has 3 aromatic rings. The first-order chi connectivity index (χ1) is 12.5. The van der Waals surface area contributed by atoms with Crippen molar-refractivity contribution in [2.24, 2.45) is 0 Å². The Hall–Kier alpha value is -3.38. The van der Waals surface area contributed by atoms with Crippen LogP contribution in [0.4, 0.5) is 5.69 Å². The molecule has 2 amide bonds. The number of hydrogen-bond donors (Lipinski definition) is 1. The van der Waals surface area contributed by atoms with Crippen LogP contribution in [0.5, 0.6) is 0 Å². The van der Waals surface area contributed by atoms with Crippen molar-refractivity contribution in [2.45, 2.75) is 0 Å². The lowest BCUT2D eigenvalue weighted by atomic mass is 10.1. The average Bonchev–Trinajstić information content (AvgIpc) is 2.93. The molecule has 2 heterocycles. The van der Waals surface area contributed by atoms with Crippen molar-refractivity contribution in [3.8, 4) is 0 Å². The van der Waals surface area contributed by atoms with E-state index in [4.69, 9.17) is 16.0 Å². The maximum atomic E-state index is 12.6. The zero-order valence-corrected chi connectivity index (χ0v) is 14.0. The SMILES string of the molecule is O=C1NN(c2ccccc2)C(=O)C1=Cc1coc2ccc(Cl)cc2c1=O. The number of anilines is 1. The summed E-state index contributed by atoms with van der Waals surface area (Å²) in [5, 5.41) is 1.80. The predicted molar refractivity (Wildman–Crippen MR) is 97.5 cm³/mol. The Bertz CT molecular complexity index is 1140. The third-order valence-corrected chi connectivity index (χ3v) is 4.20. The highest BCUT2D eigenvalue weighted by Crippen LogP contribution is 2.22. The van der Waals surface area contributed by atoms with Gasteiger partial charge < -0.3 is 4.42 Å². The van der Waals surface area contributed by atoms with Crippen LogP contribution in [0.25, 0.3) is 17.0 Å². The highest BCUT2D eigenvalue weighted by molar-refractivity contribution is 6.32. The number of benzene rings is 2. The molecule has 0 bridgehead atoms. The first-order valence-electron chi connectivity index (χ1n) is 7.68. The Morgan fingerprint density at radius 2 is 1.81 bits per heavy atom. The van der Waals surface area contributed by atoms with Crippen molar-refractivity contribution in [3.63, 3.8) is 0 Å². The van der Waals surface area contributed by atoms with Crippen molar-refractivity contribution in [1.82, 2.24) is 5.43 Å². The molecule has 0 spiro atoms. The van der Waals surface area contributed by atoms with E-state index in [2.05, 4.69) is 5.43 Å². The lowest BCUT2D eigenvalue weighted by Gasteiger charge is -2.13.